The molecule has 0 aromatic heterocycles. The molecule has 1 aromatic carbocycles. The second kappa shape index (κ2) is 3.76. The fourth-order valence-electron chi connectivity index (χ4n) is 0.618. The molecule has 0 amide bonds. The Bertz CT molecular complexity index is 318. The van der Waals surface area contributed by atoms with Gasteiger partial charge in [-0.2, -0.15) is 0 Å². The number of azide groups is 1. The first-order valence-corrected chi connectivity index (χ1v) is 4.33. The van der Waals surface area contributed by atoms with Crippen molar-refractivity contribution in [1.82, 2.24) is 0 Å². The maximum absolute atomic E-state index is 8.16. The van der Waals surface area contributed by atoms with E-state index in [0.717, 1.165) is 8.95 Å². The predicted octanol–water partition coefficient (Wildman–Crippen LogP) is 4.15. The third-order valence-electron chi connectivity index (χ3n) is 1.08. The molecule has 0 heterocycles. The molecule has 0 N–H and O–H groups in total. The lowest BCUT2D eigenvalue weighted by molar-refractivity contribution is 1.43. The van der Waals surface area contributed by atoms with Crippen LogP contribution in [0.1, 0.15) is 0 Å². The van der Waals surface area contributed by atoms with Gasteiger partial charge in [0.25, 0.3) is 0 Å². The third kappa shape index (κ3) is 1.96. The Balaban J connectivity index is 3.26. The number of benzene rings is 1. The summed E-state index contributed by atoms with van der Waals surface area (Å²) in [5, 5.41) is 3.47. The summed E-state index contributed by atoms with van der Waals surface area (Å²) in [6, 6.07) is 5.40. The first-order valence-electron chi connectivity index (χ1n) is 2.75. The zero-order valence-corrected chi connectivity index (χ0v) is 8.50. The monoisotopic (exact) mass is 275 g/mol. The highest BCUT2D eigenvalue weighted by atomic mass is 79.9. The van der Waals surface area contributed by atoms with Gasteiger partial charge in [-0.05, 0) is 43.5 Å². The maximum Gasteiger partial charge on any atom is 0.0528 e. The fraction of sp³-hybridized carbons (Fsp3) is 0. The van der Waals surface area contributed by atoms with Gasteiger partial charge in [-0.3, -0.25) is 0 Å². The number of hydrogen-bond donors (Lipinski definition) is 0. The van der Waals surface area contributed by atoms with Gasteiger partial charge in [-0.1, -0.05) is 17.2 Å². The van der Waals surface area contributed by atoms with Crippen LogP contribution in [-0.4, -0.2) is 0 Å². The molecule has 1 rings (SSSR count). The maximum atomic E-state index is 8.16. The van der Waals surface area contributed by atoms with Crippen molar-refractivity contribution in [2.75, 3.05) is 0 Å². The van der Waals surface area contributed by atoms with E-state index in [0.29, 0.717) is 5.69 Å². The number of nitrogens with zero attached hydrogens (tertiary/aromatic N) is 3. The Kier molecular flexibility index (Phi) is 2.93. The van der Waals surface area contributed by atoms with Crippen molar-refractivity contribution in [2.45, 2.75) is 0 Å². The molecule has 0 radical (unpaired) electrons. The first kappa shape index (κ1) is 8.59. The molecule has 0 aliphatic carbocycles. The zero-order chi connectivity index (χ0) is 8.27. The van der Waals surface area contributed by atoms with E-state index in [9.17, 15) is 0 Å². The van der Waals surface area contributed by atoms with E-state index in [1.165, 1.54) is 0 Å². The van der Waals surface area contributed by atoms with Gasteiger partial charge >= 0.3 is 0 Å². The van der Waals surface area contributed by atoms with Crippen molar-refractivity contribution in [2.24, 2.45) is 5.11 Å². The molecule has 0 aliphatic rings. The van der Waals surface area contributed by atoms with E-state index in [2.05, 4.69) is 41.9 Å². The molecule has 0 unspecified atom stereocenters. The van der Waals surface area contributed by atoms with Gasteiger partial charge in [0.1, 0.15) is 0 Å². The van der Waals surface area contributed by atoms with Crippen molar-refractivity contribution in [3.05, 3.63) is 37.6 Å². The first-order chi connectivity index (χ1) is 5.25. The van der Waals surface area contributed by atoms with Crippen LogP contribution in [0.2, 0.25) is 0 Å². The van der Waals surface area contributed by atoms with E-state index >= 15 is 0 Å². The van der Waals surface area contributed by atoms with Gasteiger partial charge in [-0.25, -0.2) is 0 Å². The van der Waals surface area contributed by atoms with Crippen LogP contribution in [0.4, 0.5) is 5.69 Å². The summed E-state index contributed by atoms with van der Waals surface area (Å²) in [4.78, 5) is 2.68. The SMILES string of the molecule is [N-]=[N+]=Nc1cccc(Br)c1Br. The molecule has 0 atom stereocenters. The van der Waals surface area contributed by atoms with Crippen molar-refractivity contribution in [3.63, 3.8) is 0 Å². The van der Waals surface area contributed by atoms with Gasteiger partial charge in [0, 0.05) is 13.9 Å². The molecule has 0 saturated heterocycles. The van der Waals surface area contributed by atoms with Crippen LogP contribution in [0.15, 0.2) is 32.3 Å². The van der Waals surface area contributed by atoms with Gasteiger partial charge < -0.3 is 0 Å². The van der Waals surface area contributed by atoms with E-state index in [-0.39, 0.29) is 0 Å². The Labute approximate surface area is 80.3 Å². The number of hydrogen-bond acceptors (Lipinski definition) is 1. The lowest BCUT2D eigenvalue weighted by Gasteiger charge is -1.97. The van der Waals surface area contributed by atoms with Gasteiger partial charge in [0.05, 0.1) is 5.69 Å². The summed E-state index contributed by atoms with van der Waals surface area (Å²) >= 11 is 6.56. The minimum atomic E-state index is 0.585. The van der Waals surface area contributed by atoms with Crippen molar-refractivity contribution in [1.29, 1.82) is 0 Å². The van der Waals surface area contributed by atoms with Gasteiger partial charge in [0.15, 0.2) is 0 Å². The normalized spacial score (nSPS) is 8.91. The smallest absolute Gasteiger partial charge is 0.0528 e. The molecule has 0 spiro atoms. The highest BCUT2D eigenvalue weighted by Gasteiger charge is 1.99. The molecule has 1 aromatic rings. The Morgan fingerprint density at radius 1 is 1.36 bits per heavy atom. The van der Waals surface area contributed by atoms with E-state index in [1.807, 2.05) is 6.07 Å². The van der Waals surface area contributed by atoms with E-state index in [4.69, 9.17) is 5.53 Å². The highest BCUT2D eigenvalue weighted by molar-refractivity contribution is 9.13. The summed E-state index contributed by atoms with van der Waals surface area (Å²) in [6.45, 7) is 0. The molecule has 56 valence electrons. The van der Waals surface area contributed by atoms with Crippen LogP contribution in [0.5, 0.6) is 0 Å². The quantitative estimate of drug-likeness (QED) is 0.420. The summed E-state index contributed by atoms with van der Waals surface area (Å²) in [5.74, 6) is 0. The standard InChI is InChI=1S/C6H3Br2N3/c7-4-2-1-3-5(6(4)8)10-11-9/h1-3H. The molecule has 0 aliphatic heterocycles. The van der Waals surface area contributed by atoms with E-state index in [1.54, 1.807) is 12.1 Å². The largest absolute Gasteiger partial charge is 0.0606 e. The highest BCUT2D eigenvalue weighted by Crippen LogP contribution is 2.32. The zero-order valence-electron chi connectivity index (χ0n) is 5.33. The van der Waals surface area contributed by atoms with E-state index < -0.39 is 0 Å². The fourth-order valence-corrected chi connectivity index (χ4v) is 1.32. The summed E-state index contributed by atoms with van der Waals surface area (Å²) < 4.78 is 1.65. The van der Waals surface area contributed by atoms with Crippen molar-refractivity contribution in [3.8, 4) is 0 Å². The van der Waals surface area contributed by atoms with Crippen LogP contribution in [0.3, 0.4) is 0 Å². The van der Waals surface area contributed by atoms with Crippen LogP contribution in [0, 0.1) is 0 Å². The molecule has 5 heteroatoms. The van der Waals surface area contributed by atoms with Gasteiger partial charge in [-0.15, -0.1) is 0 Å². The molecule has 0 fully saturated rings. The minimum Gasteiger partial charge on any atom is -0.0606 e. The number of rotatable bonds is 1. The average Bonchev–Trinajstić information content (AvgIpc) is 1.99. The van der Waals surface area contributed by atoms with Crippen molar-refractivity contribution >= 4 is 37.5 Å². The summed E-state index contributed by atoms with van der Waals surface area (Å²) in [5.41, 5.74) is 8.74. The lowest BCUT2D eigenvalue weighted by Crippen LogP contribution is -1.68. The Morgan fingerprint density at radius 2 is 2.09 bits per heavy atom. The third-order valence-corrected chi connectivity index (χ3v) is 3.11. The van der Waals surface area contributed by atoms with Crippen LogP contribution >= 0.6 is 31.9 Å². The average molecular weight is 277 g/mol. The van der Waals surface area contributed by atoms with Crippen LogP contribution in [-0.2, 0) is 0 Å². The molecule has 3 nitrogen and oxygen atoms in total. The van der Waals surface area contributed by atoms with Gasteiger partial charge in [0.2, 0.25) is 0 Å². The minimum absolute atomic E-state index is 0.585. The molecular weight excluding hydrogens is 274 g/mol. The summed E-state index contributed by atoms with van der Waals surface area (Å²) in [6.07, 6.45) is 0. The Morgan fingerprint density at radius 3 is 2.73 bits per heavy atom. The molecule has 11 heavy (non-hydrogen) atoms. The lowest BCUT2D eigenvalue weighted by atomic mass is 10.3. The van der Waals surface area contributed by atoms with Crippen molar-refractivity contribution < 1.29 is 0 Å². The molecule has 0 bridgehead atoms. The van der Waals surface area contributed by atoms with Crippen LogP contribution < -0.4 is 0 Å². The second-order valence-corrected chi connectivity index (χ2v) is 3.41. The Hall–Kier alpha value is -0.510. The van der Waals surface area contributed by atoms with Crippen LogP contribution in [0.25, 0.3) is 10.4 Å². The predicted molar refractivity (Wildman–Crippen MR) is 50.6 cm³/mol. The molecular formula is C6H3Br2N3. The number of halogens is 2. The summed E-state index contributed by atoms with van der Waals surface area (Å²) in [7, 11) is 0. The second-order valence-electron chi connectivity index (χ2n) is 1.76. The molecule has 0 saturated carbocycles. The topological polar surface area (TPSA) is 48.8 Å².